The zero-order chi connectivity index (χ0) is 43.1. The van der Waals surface area contributed by atoms with Gasteiger partial charge in [0, 0.05) is 50.7 Å². The molecule has 22 heteroatoms. The van der Waals surface area contributed by atoms with Gasteiger partial charge in [-0.05, 0) is 56.1 Å². The number of hydrogen-bond donors (Lipinski definition) is 2. The number of nitrogens with one attached hydrogen (secondary N) is 2. The minimum atomic E-state index is -6.28. The van der Waals surface area contributed by atoms with Gasteiger partial charge >= 0.3 is 4.20 Å². The Bertz CT molecular complexity index is 2520. The highest BCUT2D eigenvalue weighted by Gasteiger charge is 2.77. The van der Waals surface area contributed by atoms with Gasteiger partial charge in [0.25, 0.3) is 27.1 Å². The number of hydrogen-bond acceptors (Lipinski definition) is 15. The van der Waals surface area contributed by atoms with Crippen molar-refractivity contribution in [1.29, 1.82) is 0 Å². The summed E-state index contributed by atoms with van der Waals surface area (Å²) in [6.45, 7) is -1.50. The van der Waals surface area contributed by atoms with E-state index >= 15 is 25.3 Å². The van der Waals surface area contributed by atoms with Crippen LogP contribution in [-0.2, 0) is 29.7 Å². The first-order valence-electron chi connectivity index (χ1n) is 17.9. The maximum absolute atomic E-state index is 16.3. The maximum Gasteiger partial charge on any atom is 0.301 e. The minimum Gasteiger partial charge on any atom is -0.468 e. The first-order valence-corrected chi connectivity index (χ1v) is 22.3. The van der Waals surface area contributed by atoms with Crippen molar-refractivity contribution in [3.63, 3.8) is 0 Å². The summed E-state index contributed by atoms with van der Waals surface area (Å²) in [5, 5.41) is 43.7. The van der Waals surface area contributed by atoms with Gasteiger partial charge in [-0.2, -0.15) is 4.31 Å². The van der Waals surface area contributed by atoms with E-state index in [1.54, 1.807) is 6.07 Å². The third kappa shape index (κ3) is 8.12. The Hall–Kier alpha value is -5.83. The molecule has 1 atom stereocenters. The Kier molecular flexibility index (Phi) is 13.5. The topological polar surface area (TPSA) is 268 Å². The van der Waals surface area contributed by atoms with Crippen LogP contribution < -0.4 is 15.4 Å². The molecule has 1 fully saturated rings. The summed E-state index contributed by atoms with van der Waals surface area (Å²) < 4.78 is 98.9. The van der Waals surface area contributed by atoms with Crippen LogP contribution in [0.2, 0.25) is 0 Å². The van der Waals surface area contributed by atoms with E-state index in [2.05, 4.69) is 16.6 Å². The average Bonchev–Trinajstić information content (AvgIpc) is 3.21. The first kappa shape index (κ1) is 44.3. The lowest BCUT2D eigenvalue weighted by Gasteiger charge is -2.52. The van der Waals surface area contributed by atoms with Gasteiger partial charge in [0.15, 0.2) is 4.90 Å². The van der Waals surface area contributed by atoms with Crippen molar-refractivity contribution in [3.05, 3.63) is 133 Å². The molecule has 59 heavy (non-hydrogen) atoms. The standard InChI is InChI=1S/C37H38N6O13S3/c1-2-3-4-14-24-36(56-29-16-6-5-7-17-29)37(57(50,51)33-21-11-8-18-30(33)41(44)45,58(52,53)34-22-12-9-19-31(34)42(46)47)40(28-15-25-38-26-27-39-36)59(54,55)35-23-13-10-20-32(35)43(48)49/h1,5-13,16-23,38-39H,3-4,14-15,24-28H2. The number of sulfone groups is 2. The predicted octanol–water partition coefficient (Wildman–Crippen LogP) is 4.56. The average molecular weight is 871 g/mol. The molecule has 312 valence electrons. The molecule has 1 saturated heterocycles. The number of unbranched alkanes of at least 4 members (excludes halogenated alkanes) is 2. The van der Waals surface area contributed by atoms with E-state index in [1.165, 1.54) is 24.3 Å². The van der Waals surface area contributed by atoms with Crippen LogP contribution in [0.5, 0.6) is 5.75 Å². The van der Waals surface area contributed by atoms with Crippen molar-refractivity contribution in [3.8, 4) is 18.1 Å². The molecule has 1 aliphatic heterocycles. The van der Waals surface area contributed by atoms with Crippen LogP contribution >= 0.6 is 0 Å². The molecule has 5 rings (SSSR count). The second-order valence-electron chi connectivity index (χ2n) is 13.0. The highest BCUT2D eigenvalue weighted by Crippen LogP contribution is 2.53. The summed E-state index contributed by atoms with van der Waals surface area (Å²) >= 11 is 0. The predicted molar refractivity (Wildman–Crippen MR) is 213 cm³/mol. The zero-order valence-electron chi connectivity index (χ0n) is 31.1. The second kappa shape index (κ2) is 18.0. The zero-order valence-corrected chi connectivity index (χ0v) is 33.5. The number of rotatable bonds is 15. The molecule has 0 bridgehead atoms. The Balaban J connectivity index is 2.18. The fourth-order valence-corrected chi connectivity index (χ4v) is 15.6. The van der Waals surface area contributed by atoms with Crippen molar-refractivity contribution in [2.24, 2.45) is 0 Å². The van der Waals surface area contributed by atoms with Gasteiger partial charge in [-0.15, -0.1) is 12.3 Å². The highest BCUT2D eigenvalue weighted by atomic mass is 32.3. The summed E-state index contributed by atoms with van der Waals surface area (Å²) in [6, 6.07) is 18.0. The van der Waals surface area contributed by atoms with Crippen LogP contribution in [0.1, 0.15) is 32.1 Å². The van der Waals surface area contributed by atoms with Crippen molar-refractivity contribution < 1.29 is 44.8 Å². The molecule has 4 aromatic carbocycles. The largest absolute Gasteiger partial charge is 0.468 e. The summed E-state index contributed by atoms with van der Waals surface area (Å²) in [5.74, 6) is 2.19. The number of nitro benzene ring substituents is 3. The molecule has 0 aromatic heterocycles. The van der Waals surface area contributed by atoms with E-state index in [4.69, 9.17) is 11.2 Å². The molecule has 0 saturated carbocycles. The van der Waals surface area contributed by atoms with Gasteiger partial charge in [-0.1, -0.05) is 54.6 Å². The van der Waals surface area contributed by atoms with E-state index in [9.17, 15) is 30.3 Å². The molecule has 0 radical (unpaired) electrons. The van der Waals surface area contributed by atoms with E-state index in [1.807, 2.05) is 0 Å². The molecule has 2 N–H and O–H groups in total. The van der Waals surface area contributed by atoms with Gasteiger partial charge in [-0.25, -0.2) is 25.3 Å². The van der Waals surface area contributed by atoms with Crippen LogP contribution in [0.4, 0.5) is 17.1 Å². The molecule has 1 heterocycles. The molecule has 0 spiro atoms. The molecule has 1 unspecified atom stereocenters. The monoisotopic (exact) mass is 870 g/mol. The number of nitro groups is 3. The second-order valence-corrected chi connectivity index (χ2v) is 19.2. The number of para-hydroxylation sites is 4. The molecule has 1 aliphatic rings. The van der Waals surface area contributed by atoms with Gasteiger partial charge in [0.05, 0.1) is 14.8 Å². The highest BCUT2D eigenvalue weighted by molar-refractivity contribution is 8.11. The molecule has 19 nitrogen and oxygen atoms in total. The normalized spacial score (nSPS) is 17.9. The fourth-order valence-electron chi connectivity index (χ4n) is 7.01. The number of sulfonamides is 1. The number of nitrogens with zero attached hydrogens (tertiary/aromatic N) is 4. The molecular weight excluding hydrogens is 833 g/mol. The number of benzene rings is 4. The lowest BCUT2D eigenvalue weighted by atomic mass is 10.0. The number of ether oxygens (including phenoxy) is 1. The number of terminal acetylenes is 1. The van der Waals surface area contributed by atoms with Crippen LogP contribution in [0.15, 0.2) is 118 Å². The van der Waals surface area contributed by atoms with Gasteiger partial charge in [-0.3, -0.25) is 35.7 Å². The summed E-state index contributed by atoms with van der Waals surface area (Å²) in [5.41, 5.74) is -6.58. The molecule has 4 aromatic rings. The van der Waals surface area contributed by atoms with Crippen LogP contribution in [0.25, 0.3) is 0 Å². The van der Waals surface area contributed by atoms with Crippen LogP contribution in [0, 0.1) is 42.7 Å². The Morgan fingerprint density at radius 1 is 0.661 bits per heavy atom. The maximum atomic E-state index is 16.3. The van der Waals surface area contributed by atoms with Crippen molar-refractivity contribution >= 4 is 46.8 Å². The van der Waals surface area contributed by atoms with Crippen molar-refractivity contribution in [2.75, 3.05) is 26.2 Å². The molecule has 0 aliphatic carbocycles. The van der Waals surface area contributed by atoms with Crippen molar-refractivity contribution in [2.45, 2.75) is 56.7 Å². The van der Waals surface area contributed by atoms with Gasteiger partial charge < -0.3 is 10.1 Å². The summed E-state index contributed by atoms with van der Waals surface area (Å²) in [7, 11) is -18.4. The van der Waals surface area contributed by atoms with E-state index in [0.29, 0.717) is 12.1 Å². The molecular formula is C37H38N6O13S3. The Morgan fingerprint density at radius 2 is 1.14 bits per heavy atom. The quantitative estimate of drug-likeness (QED) is 0.0718. The fraction of sp³-hybridized carbons (Fsp3) is 0.297. The molecule has 0 amide bonds. The third-order valence-electron chi connectivity index (χ3n) is 9.46. The first-order chi connectivity index (χ1) is 28.0. The Labute approximate surface area is 339 Å². The van der Waals surface area contributed by atoms with Crippen LogP contribution in [0.3, 0.4) is 0 Å². The van der Waals surface area contributed by atoms with Gasteiger partial charge in [0.2, 0.25) is 25.4 Å². The van der Waals surface area contributed by atoms with E-state index in [0.717, 1.165) is 60.7 Å². The van der Waals surface area contributed by atoms with Gasteiger partial charge in [0.1, 0.15) is 15.5 Å². The SMILES string of the molecule is C#CCCCCC1(Oc2ccccc2)NCCNCCCN(S(=O)(=O)c2ccccc2[N+](=O)[O-])C1(S(=O)(=O)c1ccccc1[N+](=O)[O-])S(=O)(=O)c1ccccc1[N+](=O)[O-]. The Morgan fingerprint density at radius 3 is 1.64 bits per heavy atom. The van der Waals surface area contributed by atoms with Crippen molar-refractivity contribution in [1.82, 2.24) is 14.9 Å². The third-order valence-corrected chi connectivity index (χ3v) is 17.4. The lowest BCUT2D eigenvalue weighted by Crippen LogP contribution is -2.80. The lowest BCUT2D eigenvalue weighted by molar-refractivity contribution is -0.388. The minimum absolute atomic E-state index is 0.00565. The van der Waals surface area contributed by atoms with Crippen LogP contribution in [-0.4, -0.2) is 80.4 Å². The van der Waals surface area contributed by atoms with E-state index < -0.39 is 99.1 Å². The summed E-state index contributed by atoms with van der Waals surface area (Å²) in [4.78, 5) is 30.7. The smallest absolute Gasteiger partial charge is 0.301 e. The summed E-state index contributed by atoms with van der Waals surface area (Å²) in [6.07, 6.45) is 4.36. The van der Waals surface area contributed by atoms with E-state index in [-0.39, 0.29) is 55.4 Å².